The minimum Gasteiger partial charge on any atom is -0.449 e. The summed E-state index contributed by atoms with van der Waals surface area (Å²) < 4.78 is 5.41. The fourth-order valence-corrected chi connectivity index (χ4v) is 3.86. The number of esters is 1. The third-order valence-electron chi connectivity index (χ3n) is 5.59. The molecule has 0 spiro atoms. The highest BCUT2D eigenvalue weighted by atomic mass is 16.5. The number of imide groups is 1. The maximum atomic E-state index is 13.1. The number of rotatable bonds is 3. The number of hydrogen-bond donors (Lipinski definition) is 2. The van der Waals surface area contributed by atoms with E-state index in [-0.39, 0.29) is 5.41 Å². The number of nitrogens with two attached hydrogens (primary N) is 1. The molecule has 2 aromatic rings. The minimum absolute atomic E-state index is 0.0964. The quantitative estimate of drug-likeness (QED) is 0.773. The van der Waals surface area contributed by atoms with Crippen molar-refractivity contribution in [2.24, 2.45) is 17.1 Å². The number of aryl methyl sites for hydroxylation is 1. The summed E-state index contributed by atoms with van der Waals surface area (Å²) in [6, 6.07) is 6.44. The van der Waals surface area contributed by atoms with Crippen LogP contribution in [0.3, 0.4) is 0 Å². The van der Waals surface area contributed by atoms with Crippen LogP contribution in [0.25, 0.3) is 10.9 Å². The van der Waals surface area contributed by atoms with Crippen molar-refractivity contribution in [3.63, 3.8) is 0 Å². The predicted octanol–water partition coefficient (Wildman–Crippen LogP) is 3.13. The molecular formula is C22H27N3O4. The van der Waals surface area contributed by atoms with Crippen LogP contribution in [0.2, 0.25) is 0 Å². The molecule has 0 unspecified atom stereocenters. The van der Waals surface area contributed by atoms with Crippen LogP contribution in [-0.4, -0.2) is 29.0 Å². The highest BCUT2D eigenvalue weighted by molar-refractivity contribution is 6.06. The molecule has 1 aliphatic carbocycles. The molecule has 0 saturated carbocycles. The van der Waals surface area contributed by atoms with Gasteiger partial charge in [-0.05, 0) is 49.1 Å². The highest BCUT2D eigenvalue weighted by Crippen LogP contribution is 2.39. The van der Waals surface area contributed by atoms with Gasteiger partial charge in [0.05, 0.1) is 11.1 Å². The molecular weight excluding hydrogens is 370 g/mol. The Balaban J connectivity index is 2.02. The van der Waals surface area contributed by atoms with E-state index in [1.165, 1.54) is 6.92 Å². The van der Waals surface area contributed by atoms with Crippen LogP contribution in [0.1, 0.15) is 55.7 Å². The van der Waals surface area contributed by atoms with E-state index in [1.807, 2.05) is 29.6 Å². The van der Waals surface area contributed by atoms with Crippen molar-refractivity contribution in [3.05, 3.63) is 41.1 Å². The van der Waals surface area contributed by atoms with Crippen LogP contribution in [0.4, 0.5) is 4.79 Å². The fraction of sp³-hybridized carbons (Fsp3) is 0.455. The number of carbonyl (C=O) groups excluding carboxylic acids is 3. The number of ether oxygens (including phenoxy) is 1. The number of pyridine rings is 1. The van der Waals surface area contributed by atoms with Gasteiger partial charge in [0.1, 0.15) is 0 Å². The van der Waals surface area contributed by atoms with Crippen molar-refractivity contribution < 1.29 is 19.1 Å². The Morgan fingerprint density at radius 3 is 2.59 bits per heavy atom. The Labute approximate surface area is 170 Å². The molecule has 3 N–H and O–H groups in total. The number of benzene rings is 1. The molecule has 3 amide bonds. The standard InChI is InChI=1S/C22H27N3O4/c1-12(19(26)25-21(23)28)29-20(27)18-14-7-5-6-8-16(14)24-17-10-9-13(11-15(17)18)22(2,3)4/h5-8,12-13H,9-11H2,1-4H3,(H3,23,25,26,28)/t12-,13-/m0/s1. The first-order chi connectivity index (χ1) is 13.6. The number of nitrogens with zero attached hydrogens (tertiary/aromatic N) is 1. The molecule has 1 aromatic carbocycles. The Bertz CT molecular complexity index is 978. The molecule has 1 heterocycles. The van der Waals surface area contributed by atoms with Gasteiger partial charge in [-0.15, -0.1) is 0 Å². The van der Waals surface area contributed by atoms with E-state index >= 15 is 0 Å². The van der Waals surface area contributed by atoms with E-state index in [1.54, 1.807) is 0 Å². The summed E-state index contributed by atoms with van der Waals surface area (Å²) in [6.07, 6.45) is 1.37. The summed E-state index contributed by atoms with van der Waals surface area (Å²) >= 11 is 0. The number of amides is 3. The van der Waals surface area contributed by atoms with Gasteiger partial charge in [-0.1, -0.05) is 39.0 Å². The van der Waals surface area contributed by atoms with Crippen molar-refractivity contribution in [1.82, 2.24) is 10.3 Å². The van der Waals surface area contributed by atoms with Crippen molar-refractivity contribution in [1.29, 1.82) is 0 Å². The van der Waals surface area contributed by atoms with Gasteiger partial charge < -0.3 is 10.5 Å². The Morgan fingerprint density at radius 1 is 1.24 bits per heavy atom. The van der Waals surface area contributed by atoms with E-state index in [2.05, 4.69) is 20.8 Å². The number of nitrogens with one attached hydrogen (secondary N) is 1. The lowest BCUT2D eigenvalue weighted by molar-refractivity contribution is -0.127. The lowest BCUT2D eigenvalue weighted by Crippen LogP contribution is -2.42. The normalized spacial score (nSPS) is 17.3. The SMILES string of the molecule is C[C@H](OC(=O)c1c2c(nc3ccccc13)CC[C@H](C(C)(C)C)C2)C(=O)NC(N)=O. The van der Waals surface area contributed by atoms with E-state index in [0.717, 1.165) is 36.0 Å². The predicted molar refractivity (Wildman–Crippen MR) is 109 cm³/mol. The Morgan fingerprint density at radius 2 is 1.93 bits per heavy atom. The Kier molecular flexibility index (Phi) is 5.59. The summed E-state index contributed by atoms with van der Waals surface area (Å²) in [5, 5.41) is 2.64. The molecule has 0 aliphatic heterocycles. The number of carbonyl (C=O) groups is 3. The summed E-state index contributed by atoms with van der Waals surface area (Å²) in [7, 11) is 0. The molecule has 1 aliphatic rings. The molecule has 3 rings (SSSR count). The van der Waals surface area contributed by atoms with E-state index in [0.29, 0.717) is 16.9 Å². The maximum Gasteiger partial charge on any atom is 0.339 e. The lowest BCUT2D eigenvalue weighted by atomic mass is 9.70. The zero-order chi connectivity index (χ0) is 21.3. The first-order valence-electron chi connectivity index (χ1n) is 9.79. The largest absolute Gasteiger partial charge is 0.449 e. The van der Waals surface area contributed by atoms with Crippen LogP contribution in [0.5, 0.6) is 0 Å². The van der Waals surface area contributed by atoms with Gasteiger partial charge in [-0.25, -0.2) is 9.59 Å². The van der Waals surface area contributed by atoms with E-state index in [9.17, 15) is 14.4 Å². The third kappa shape index (κ3) is 4.39. The zero-order valence-corrected chi connectivity index (χ0v) is 17.2. The molecule has 0 radical (unpaired) electrons. The van der Waals surface area contributed by atoms with Crippen molar-refractivity contribution in [2.45, 2.75) is 53.1 Å². The number of fused-ring (bicyclic) bond motifs is 2. The third-order valence-corrected chi connectivity index (χ3v) is 5.59. The molecule has 7 nitrogen and oxygen atoms in total. The highest BCUT2D eigenvalue weighted by Gasteiger charge is 2.33. The molecule has 0 saturated heterocycles. The van der Waals surface area contributed by atoms with Gasteiger partial charge in [-0.3, -0.25) is 15.1 Å². The second-order valence-electron chi connectivity index (χ2n) is 8.64. The minimum atomic E-state index is -1.15. The van der Waals surface area contributed by atoms with E-state index < -0.39 is 24.0 Å². The van der Waals surface area contributed by atoms with Gasteiger partial charge in [0, 0.05) is 11.1 Å². The first kappa shape index (κ1) is 20.8. The van der Waals surface area contributed by atoms with Crippen molar-refractivity contribution in [3.8, 4) is 0 Å². The molecule has 154 valence electrons. The van der Waals surface area contributed by atoms with Gasteiger partial charge in [0.2, 0.25) is 0 Å². The monoisotopic (exact) mass is 397 g/mol. The van der Waals surface area contributed by atoms with Gasteiger partial charge in [0.15, 0.2) is 6.10 Å². The second-order valence-corrected chi connectivity index (χ2v) is 8.64. The summed E-state index contributed by atoms with van der Waals surface area (Å²) in [5.41, 5.74) is 8.05. The van der Waals surface area contributed by atoms with Crippen LogP contribution < -0.4 is 11.1 Å². The van der Waals surface area contributed by atoms with Gasteiger partial charge in [0.25, 0.3) is 5.91 Å². The molecule has 0 fully saturated rings. The van der Waals surface area contributed by atoms with Crippen molar-refractivity contribution in [2.75, 3.05) is 0 Å². The molecule has 1 aromatic heterocycles. The number of para-hydroxylation sites is 1. The first-order valence-corrected chi connectivity index (χ1v) is 9.79. The Hall–Kier alpha value is -2.96. The van der Waals surface area contributed by atoms with Crippen LogP contribution in [0.15, 0.2) is 24.3 Å². The van der Waals surface area contributed by atoms with Crippen LogP contribution in [0, 0.1) is 11.3 Å². The number of hydrogen-bond acceptors (Lipinski definition) is 5. The second kappa shape index (κ2) is 7.81. The smallest absolute Gasteiger partial charge is 0.339 e. The molecule has 29 heavy (non-hydrogen) atoms. The number of aromatic nitrogens is 1. The zero-order valence-electron chi connectivity index (χ0n) is 17.2. The van der Waals surface area contributed by atoms with Gasteiger partial charge >= 0.3 is 12.0 Å². The van der Waals surface area contributed by atoms with E-state index in [4.69, 9.17) is 15.5 Å². The average Bonchev–Trinajstić information content (AvgIpc) is 2.64. The molecule has 0 bridgehead atoms. The topological polar surface area (TPSA) is 111 Å². The summed E-state index contributed by atoms with van der Waals surface area (Å²) in [4.78, 5) is 40.8. The van der Waals surface area contributed by atoms with Gasteiger partial charge in [-0.2, -0.15) is 0 Å². The van der Waals surface area contributed by atoms with Crippen LogP contribution >= 0.6 is 0 Å². The molecule has 7 heteroatoms. The summed E-state index contributed by atoms with van der Waals surface area (Å²) in [5.74, 6) is -0.952. The maximum absolute atomic E-state index is 13.1. The van der Waals surface area contributed by atoms with Crippen molar-refractivity contribution >= 4 is 28.8 Å². The van der Waals surface area contributed by atoms with Crippen LogP contribution in [-0.2, 0) is 22.4 Å². The fourth-order valence-electron chi connectivity index (χ4n) is 3.86. The number of primary amides is 1. The lowest BCUT2D eigenvalue weighted by Gasteiger charge is -2.35. The molecule has 2 atom stereocenters. The average molecular weight is 397 g/mol. The number of urea groups is 1. The summed E-state index contributed by atoms with van der Waals surface area (Å²) in [6.45, 7) is 8.01.